The summed E-state index contributed by atoms with van der Waals surface area (Å²) >= 11 is 0. The zero-order valence-electron chi connectivity index (χ0n) is 10.5. The molecule has 3 unspecified atom stereocenters. The van der Waals surface area contributed by atoms with E-state index in [0.29, 0.717) is 24.3 Å². The first kappa shape index (κ1) is 12.5. The standard InChI is InChI=1S/C12H21N3O2/c1-3-12(16)11-8-15(14-13-11)9-5-4-6-10(7-9)17-2/h8-10,12,16H,3-7H2,1-2H3. The molecule has 0 spiro atoms. The molecule has 1 heterocycles. The number of aliphatic hydroxyl groups excluding tert-OH is 1. The number of aliphatic hydroxyl groups is 1. The molecule has 1 N–H and O–H groups in total. The number of ether oxygens (including phenoxy) is 1. The fraction of sp³-hybridized carbons (Fsp3) is 0.833. The van der Waals surface area contributed by atoms with Gasteiger partial charge in [-0.25, -0.2) is 4.68 Å². The highest BCUT2D eigenvalue weighted by atomic mass is 16.5. The fourth-order valence-electron chi connectivity index (χ4n) is 2.41. The zero-order chi connectivity index (χ0) is 12.3. The Hall–Kier alpha value is -0.940. The first-order valence-corrected chi connectivity index (χ1v) is 6.37. The molecule has 17 heavy (non-hydrogen) atoms. The van der Waals surface area contributed by atoms with Crippen LogP contribution in [0, 0.1) is 0 Å². The van der Waals surface area contributed by atoms with Gasteiger partial charge in [0.25, 0.3) is 0 Å². The Morgan fingerprint density at radius 1 is 1.59 bits per heavy atom. The Morgan fingerprint density at radius 3 is 3.12 bits per heavy atom. The van der Waals surface area contributed by atoms with Gasteiger partial charge in [-0.05, 0) is 32.1 Å². The summed E-state index contributed by atoms with van der Waals surface area (Å²) in [5.41, 5.74) is 0.673. The molecule has 5 heteroatoms. The van der Waals surface area contributed by atoms with Crippen LogP contribution in [-0.4, -0.2) is 33.3 Å². The van der Waals surface area contributed by atoms with E-state index in [-0.39, 0.29) is 0 Å². The summed E-state index contributed by atoms with van der Waals surface area (Å²) < 4.78 is 7.30. The Kier molecular flexibility index (Phi) is 4.12. The molecule has 5 nitrogen and oxygen atoms in total. The average Bonchev–Trinajstić information content (AvgIpc) is 2.87. The van der Waals surface area contributed by atoms with Gasteiger partial charge >= 0.3 is 0 Å². The van der Waals surface area contributed by atoms with E-state index in [1.54, 1.807) is 7.11 Å². The van der Waals surface area contributed by atoms with Gasteiger partial charge in [-0.2, -0.15) is 0 Å². The highest BCUT2D eigenvalue weighted by Crippen LogP contribution is 2.29. The van der Waals surface area contributed by atoms with Crippen LogP contribution in [0.4, 0.5) is 0 Å². The van der Waals surface area contributed by atoms with Crippen molar-refractivity contribution in [3.8, 4) is 0 Å². The topological polar surface area (TPSA) is 60.2 Å². The molecule has 1 fully saturated rings. The predicted octanol–water partition coefficient (Wildman–Crippen LogP) is 1.85. The van der Waals surface area contributed by atoms with Crippen molar-refractivity contribution in [1.29, 1.82) is 0 Å². The lowest BCUT2D eigenvalue weighted by atomic mass is 9.93. The number of hydrogen-bond donors (Lipinski definition) is 1. The van der Waals surface area contributed by atoms with Crippen molar-refractivity contribution < 1.29 is 9.84 Å². The van der Waals surface area contributed by atoms with Crippen LogP contribution < -0.4 is 0 Å². The molecule has 1 aliphatic rings. The monoisotopic (exact) mass is 239 g/mol. The lowest BCUT2D eigenvalue weighted by Crippen LogP contribution is -2.24. The largest absolute Gasteiger partial charge is 0.387 e. The number of nitrogens with zero attached hydrogens (tertiary/aromatic N) is 3. The fourth-order valence-corrected chi connectivity index (χ4v) is 2.41. The summed E-state index contributed by atoms with van der Waals surface area (Å²) in [6, 6.07) is 0.360. The molecular weight excluding hydrogens is 218 g/mol. The van der Waals surface area contributed by atoms with Crippen LogP contribution in [0.3, 0.4) is 0 Å². The Balaban J connectivity index is 2.04. The maximum absolute atomic E-state index is 9.70. The lowest BCUT2D eigenvalue weighted by molar-refractivity contribution is 0.0504. The van der Waals surface area contributed by atoms with Gasteiger partial charge in [-0.3, -0.25) is 0 Å². The normalized spacial score (nSPS) is 27.0. The van der Waals surface area contributed by atoms with E-state index >= 15 is 0 Å². The molecule has 0 aliphatic heterocycles. The molecule has 1 aliphatic carbocycles. The third-order valence-electron chi connectivity index (χ3n) is 3.56. The third kappa shape index (κ3) is 2.84. The summed E-state index contributed by atoms with van der Waals surface area (Å²) in [6.45, 7) is 1.94. The van der Waals surface area contributed by atoms with E-state index in [4.69, 9.17) is 4.74 Å². The van der Waals surface area contributed by atoms with Crippen LogP contribution in [0.5, 0.6) is 0 Å². The molecule has 0 radical (unpaired) electrons. The maximum atomic E-state index is 9.70. The molecule has 0 bridgehead atoms. The summed E-state index contributed by atoms with van der Waals surface area (Å²) in [5.74, 6) is 0. The summed E-state index contributed by atoms with van der Waals surface area (Å²) in [4.78, 5) is 0. The van der Waals surface area contributed by atoms with Gasteiger partial charge in [-0.15, -0.1) is 5.10 Å². The number of aromatic nitrogens is 3. The summed E-state index contributed by atoms with van der Waals surface area (Å²) in [5, 5.41) is 17.9. The minimum Gasteiger partial charge on any atom is -0.387 e. The molecule has 3 atom stereocenters. The minimum absolute atomic E-state index is 0.331. The summed E-state index contributed by atoms with van der Waals surface area (Å²) in [7, 11) is 1.76. The third-order valence-corrected chi connectivity index (χ3v) is 3.56. The molecular formula is C12H21N3O2. The van der Waals surface area contributed by atoms with Crippen molar-refractivity contribution in [3.63, 3.8) is 0 Å². The van der Waals surface area contributed by atoms with Crippen LogP contribution in [0.15, 0.2) is 6.20 Å². The molecule has 0 saturated heterocycles. The SMILES string of the molecule is CCC(O)c1cn(C2CCCC(OC)C2)nn1. The van der Waals surface area contributed by atoms with Crippen molar-refractivity contribution in [2.24, 2.45) is 0 Å². The Labute approximate surface area is 102 Å². The average molecular weight is 239 g/mol. The van der Waals surface area contributed by atoms with Gasteiger partial charge in [0.15, 0.2) is 0 Å². The van der Waals surface area contributed by atoms with Gasteiger partial charge in [0.05, 0.1) is 24.4 Å². The first-order chi connectivity index (χ1) is 8.24. The quantitative estimate of drug-likeness (QED) is 0.871. The van der Waals surface area contributed by atoms with Crippen molar-refractivity contribution in [1.82, 2.24) is 15.0 Å². The van der Waals surface area contributed by atoms with Crippen LogP contribution in [-0.2, 0) is 4.74 Å². The molecule has 0 amide bonds. The molecule has 1 aromatic heterocycles. The van der Waals surface area contributed by atoms with Crippen LogP contribution in [0.2, 0.25) is 0 Å². The first-order valence-electron chi connectivity index (χ1n) is 6.37. The van der Waals surface area contributed by atoms with Gasteiger partial charge in [0.2, 0.25) is 0 Å². The van der Waals surface area contributed by atoms with Crippen LogP contribution in [0.25, 0.3) is 0 Å². The molecule has 96 valence electrons. The van der Waals surface area contributed by atoms with Crippen LogP contribution >= 0.6 is 0 Å². The van der Waals surface area contributed by atoms with E-state index in [1.165, 1.54) is 0 Å². The van der Waals surface area contributed by atoms with Crippen molar-refractivity contribution >= 4 is 0 Å². The highest BCUT2D eigenvalue weighted by molar-refractivity contribution is 4.98. The predicted molar refractivity (Wildman–Crippen MR) is 63.6 cm³/mol. The maximum Gasteiger partial charge on any atom is 0.111 e. The van der Waals surface area contributed by atoms with Gasteiger partial charge in [0, 0.05) is 7.11 Å². The van der Waals surface area contributed by atoms with Crippen molar-refractivity contribution in [3.05, 3.63) is 11.9 Å². The second kappa shape index (κ2) is 5.60. The highest BCUT2D eigenvalue weighted by Gasteiger charge is 2.24. The van der Waals surface area contributed by atoms with E-state index in [9.17, 15) is 5.11 Å². The second-order valence-corrected chi connectivity index (χ2v) is 4.73. The number of rotatable bonds is 4. The van der Waals surface area contributed by atoms with Gasteiger partial charge < -0.3 is 9.84 Å². The second-order valence-electron chi connectivity index (χ2n) is 4.73. The van der Waals surface area contributed by atoms with Gasteiger partial charge in [0.1, 0.15) is 5.69 Å². The molecule has 0 aromatic carbocycles. The smallest absolute Gasteiger partial charge is 0.111 e. The van der Waals surface area contributed by atoms with E-state index < -0.39 is 6.10 Å². The number of methoxy groups -OCH3 is 1. The summed E-state index contributed by atoms with van der Waals surface area (Å²) in [6.07, 6.45) is 6.77. The van der Waals surface area contributed by atoms with Crippen molar-refractivity contribution in [2.75, 3.05) is 7.11 Å². The molecule has 1 saturated carbocycles. The van der Waals surface area contributed by atoms with E-state index in [0.717, 1.165) is 25.7 Å². The minimum atomic E-state index is -0.495. The zero-order valence-corrected chi connectivity index (χ0v) is 10.5. The Morgan fingerprint density at radius 2 is 2.41 bits per heavy atom. The van der Waals surface area contributed by atoms with Crippen molar-refractivity contribution in [2.45, 2.75) is 57.3 Å². The Bertz CT molecular complexity index is 353. The van der Waals surface area contributed by atoms with Gasteiger partial charge in [-0.1, -0.05) is 12.1 Å². The molecule has 2 rings (SSSR count). The van der Waals surface area contributed by atoms with E-state index in [2.05, 4.69) is 10.3 Å². The molecule has 1 aromatic rings. The lowest BCUT2D eigenvalue weighted by Gasteiger charge is -2.27. The van der Waals surface area contributed by atoms with Crippen LogP contribution in [0.1, 0.15) is 56.9 Å². The van der Waals surface area contributed by atoms with E-state index in [1.807, 2.05) is 17.8 Å². The number of hydrogen-bond acceptors (Lipinski definition) is 4.